The van der Waals surface area contributed by atoms with Crippen LogP contribution in [0.5, 0.6) is 0 Å². The van der Waals surface area contributed by atoms with E-state index in [4.69, 9.17) is 0 Å². The summed E-state index contributed by atoms with van der Waals surface area (Å²) < 4.78 is 13.9. The fourth-order valence-electron chi connectivity index (χ4n) is 2.96. The molecule has 0 radical (unpaired) electrons. The number of rotatable bonds is 4. The molecule has 1 fully saturated rings. The zero-order chi connectivity index (χ0) is 14.8. The van der Waals surface area contributed by atoms with Gasteiger partial charge in [0.2, 0.25) is 0 Å². The lowest BCUT2D eigenvalue weighted by Gasteiger charge is -2.43. The van der Waals surface area contributed by atoms with Crippen LogP contribution >= 0.6 is 0 Å². The van der Waals surface area contributed by atoms with Crippen molar-refractivity contribution >= 4 is 0 Å². The lowest BCUT2D eigenvalue weighted by atomic mass is 9.79. The van der Waals surface area contributed by atoms with Crippen molar-refractivity contribution in [1.29, 1.82) is 0 Å². The fourth-order valence-corrected chi connectivity index (χ4v) is 2.96. The van der Waals surface area contributed by atoms with Crippen molar-refractivity contribution in [1.82, 2.24) is 10.2 Å². The number of hydrogen-bond acceptors (Lipinski definition) is 3. The lowest BCUT2D eigenvalue weighted by molar-refractivity contribution is 0.0304. The Bertz CT molecular complexity index is 456. The fraction of sp³-hybridized carbons (Fsp3) is 0.625. The molecule has 1 heterocycles. The molecule has 2 rings (SSSR count). The molecule has 1 aliphatic rings. The third-order valence-corrected chi connectivity index (χ3v) is 4.18. The number of piperazine rings is 1. The van der Waals surface area contributed by atoms with Gasteiger partial charge in [0.05, 0.1) is 0 Å². The summed E-state index contributed by atoms with van der Waals surface area (Å²) in [5.74, 6) is -0.170. The van der Waals surface area contributed by atoms with E-state index in [2.05, 4.69) is 10.2 Å². The second kappa shape index (κ2) is 6.20. The Kier molecular flexibility index (Phi) is 4.78. The number of aliphatic hydroxyl groups is 1. The smallest absolute Gasteiger partial charge is 0.126 e. The molecule has 0 spiro atoms. The van der Waals surface area contributed by atoms with E-state index in [9.17, 15) is 9.50 Å². The van der Waals surface area contributed by atoms with E-state index in [0.29, 0.717) is 5.56 Å². The highest BCUT2D eigenvalue weighted by atomic mass is 19.1. The molecular weight excluding hydrogens is 255 g/mol. The van der Waals surface area contributed by atoms with Gasteiger partial charge in [-0.1, -0.05) is 26.0 Å². The third-order valence-electron chi connectivity index (χ3n) is 4.18. The van der Waals surface area contributed by atoms with Gasteiger partial charge in [-0.05, 0) is 24.1 Å². The van der Waals surface area contributed by atoms with Gasteiger partial charge in [0, 0.05) is 44.2 Å². The topological polar surface area (TPSA) is 35.5 Å². The Morgan fingerprint density at radius 3 is 2.55 bits per heavy atom. The Hall–Kier alpha value is -0.970. The summed E-state index contributed by atoms with van der Waals surface area (Å²) in [7, 11) is 0. The molecule has 0 amide bonds. The quantitative estimate of drug-likeness (QED) is 0.886. The molecule has 112 valence electrons. The van der Waals surface area contributed by atoms with E-state index < -0.39 is 0 Å². The monoisotopic (exact) mass is 280 g/mol. The van der Waals surface area contributed by atoms with Gasteiger partial charge < -0.3 is 10.4 Å². The molecule has 0 bridgehead atoms. The summed E-state index contributed by atoms with van der Waals surface area (Å²) in [5, 5.41) is 13.1. The maximum atomic E-state index is 13.9. The molecule has 2 N–H and O–H groups in total. The molecule has 1 atom stereocenters. The Balaban J connectivity index is 2.36. The number of aryl methyl sites for hydroxylation is 1. The molecule has 0 saturated carbocycles. The first-order valence-corrected chi connectivity index (χ1v) is 7.27. The van der Waals surface area contributed by atoms with Crippen LogP contribution in [-0.2, 0) is 0 Å². The van der Waals surface area contributed by atoms with Gasteiger partial charge in [-0.2, -0.15) is 0 Å². The number of nitrogens with zero attached hydrogens (tertiary/aromatic N) is 1. The van der Waals surface area contributed by atoms with Gasteiger partial charge in [-0.15, -0.1) is 0 Å². The number of hydrogen-bond donors (Lipinski definition) is 2. The second-order valence-corrected chi connectivity index (χ2v) is 6.34. The van der Waals surface area contributed by atoms with E-state index in [0.717, 1.165) is 31.7 Å². The molecule has 3 nitrogen and oxygen atoms in total. The summed E-state index contributed by atoms with van der Waals surface area (Å²) in [5.41, 5.74) is 1.31. The van der Waals surface area contributed by atoms with Gasteiger partial charge in [-0.3, -0.25) is 4.90 Å². The molecule has 20 heavy (non-hydrogen) atoms. The summed E-state index contributed by atoms with van der Waals surface area (Å²) >= 11 is 0. The highest BCUT2D eigenvalue weighted by molar-refractivity contribution is 5.27. The zero-order valence-electron chi connectivity index (χ0n) is 12.6. The van der Waals surface area contributed by atoms with Gasteiger partial charge in [0.25, 0.3) is 0 Å². The first kappa shape index (κ1) is 15.4. The summed E-state index contributed by atoms with van der Waals surface area (Å²) in [6.07, 6.45) is 0. The first-order valence-electron chi connectivity index (χ1n) is 7.27. The molecule has 0 aromatic heterocycles. The van der Waals surface area contributed by atoms with Crippen molar-refractivity contribution in [3.8, 4) is 0 Å². The third kappa shape index (κ3) is 3.19. The van der Waals surface area contributed by atoms with Crippen LogP contribution in [0.15, 0.2) is 18.2 Å². The predicted molar refractivity (Wildman–Crippen MR) is 79.2 cm³/mol. The zero-order valence-corrected chi connectivity index (χ0v) is 12.6. The van der Waals surface area contributed by atoms with Crippen molar-refractivity contribution in [3.05, 3.63) is 35.1 Å². The highest BCUT2D eigenvalue weighted by Crippen LogP contribution is 2.38. The largest absolute Gasteiger partial charge is 0.396 e. The maximum absolute atomic E-state index is 13.9. The van der Waals surface area contributed by atoms with Crippen molar-refractivity contribution in [3.63, 3.8) is 0 Å². The molecule has 4 heteroatoms. The van der Waals surface area contributed by atoms with Crippen molar-refractivity contribution in [2.75, 3.05) is 32.8 Å². The average molecular weight is 280 g/mol. The van der Waals surface area contributed by atoms with Gasteiger partial charge in [0.1, 0.15) is 5.82 Å². The van der Waals surface area contributed by atoms with Crippen LogP contribution in [0.1, 0.15) is 31.0 Å². The SMILES string of the molecule is Cc1ccc([C@@H](N2CCNCC2)C(C)(C)CO)cc1F. The normalized spacial score (nSPS) is 19.1. The lowest BCUT2D eigenvalue weighted by Crippen LogP contribution is -2.49. The van der Waals surface area contributed by atoms with Crippen LogP contribution in [0.25, 0.3) is 0 Å². The number of nitrogens with one attached hydrogen (secondary N) is 1. The first-order chi connectivity index (χ1) is 9.45. The van der Waals surface area contributed by atoms with Crippen LogP contribution in [-0.4, -0.2) is 42.8 Å². The molecule has 1 aliphatic heterocycles. The minimum absolute atomic E-state index is 0.0321. The molecule has 1 aromatic carbocycles. The number of aliphatic hydroxyl groups excluding tert-OH is 1. The van der Waals surface area contributed by atoms with E-state index in [-0.39, 0.29) is 23.9 Å². The Labute approximate surface area is 120 Å². The van der Waals surface area contributed by atoms with Crippen LogP contribution in [0.3, 0.4) is 0 Å². The van der Waals surface area contributed by atoms with Crippen LogP contribution in [0.2, 0.25) is 0 Å². The second-order valence-electron chi connectivity index (χ2n) is 6.34. The Morgan fingerprint density at radius 2 is 2.00 bits per heavy atom. The molecule has 0 aliphatic carbocycles. The van der Waals surface area contributed by atoms with Crippen LogP contribution < -0.4 is 5.32 Å². The minimum atomic E-state index is -0.307. The molecule has 0 unspecified atom stereocenters. The van der Waals surface area contributed by atoms with Crippen LogP contribution in [0, 0.1) is 18.2 Å². The van der Waals surface area contributed by atoms with Crippen LogP contribution in [0.4, 0.5) is 4.39 Å². The van der Waals surface area contributed by atoms with E-state index >= 15 is 0 Å². The highest BCUT2D eigenvalue weighted by Gasteiger charge is 2.35. The summed E-state index contributed by atoms with van der Waals surface area (Å²) in [6.45, 7) is 9.65. The number of halogens is 1. The number of benzene rings is 1. The Morgan fingerprint density at radius 1 is 1.35 bits per heavy atom. The molecule has 1 aromatic rings. The predicted octanol–water partition coefficient (Wildman–Crippen LogP) is 2.10. The van der Waals surface area contributed by atoms with Crippen molar-refractivity contribution < 1.29 is 9.50 Å². The van der Waals surface area contributed by atoms with Crippen molar-refractivity contribution in [2.45, 2.75) is 26.8 Å². The van der Waals surface area contributed by atoms with Gasteiger partial charge >= 0.3 is 0 Å². The summed E-state index contributed by atoms with van der Waals surface area (Å²) in [6, 6.07) is 5.47. The van der Waals surface area contributed by atoms with E-state index in [1.54, 1.807) is 13.0 Å². The van der Waals surface area contributed by atoms with E-state index in [1.165, 1.54) is 0 Å². The van der Waals surface area contributed by atoms with Gasteiger partial charge in [0.15, 0.2) is 0 Å². The van der Waals surface area contributed by atoms with Gasteiger partial charge in [-0.25, -0.2) is 4.39 Å². The standard InChI is InChI=1S/C16H25FN2O/c1-12-4-5-13(10-14(12)17)15(16(2,3)11-20)19-8-6-18-7-9-19/h4-5,10,15,18,20H,6-9,11H2,1-3H3/t15-/m1/s1. The summed E-state index contributed by atoms with van der Waals surface area (Å²) in [4.78, 5) is 2.34. The minimum Gasteiger partial charge on any atom is -0.396 e. The maximum Gasteiger partial charge on any atom is 0.126 e. The van der Waals surface area contributed by atoms with E-state index in [1.807, 2.05) is 26.0 Å². The average Bonchev–Trinajstić information content (AvgIpc) is 2.44. The van der Waals surface area contributed by atoms with Crippen molar-refractivity contribution in [2.24, 2.45) is 5.41 Å². The molecular formula is C16H25FN2O. The molecule has 1 saturated heterocycles.